The number of anilines is 1. The first-order valence-corrected chi connectivity index (χ1v) is 8.69. The van der Waals surface area contributed by atoms with Gasteiger partial charge in [-0.3, -0.25) is 4.79 Å². The molecule has 1 aliphatic rings. The van der Waals surface area contributed by atoms with Gasteiger partial charge in [0, 0.05) is 32.1 Å². The minimum atomic E-state index is -3.06. The maximum absolute atomic E-state index is 11.8. The highest BCUT2D eigenvalue weighted by atomic mass is 32.2. The molecule has 0 spiro atoms. The molecule has 2 heterocycles. The van der Waals surface area contributed by atoms with Gasteiger partial charge in [-0.1, -0.05) is 0 Å². The van der Waals surface area contributed by atoms with E-state index < -0.39 is 9.84 Å². The second kappa shape index (κ2) is 6.21. The summed E-state index contributed by atoms with van der Waals surface area (Å²) in [6.07, 6.45) is 5.03. The normalized spacial score (nSPS) is 15.3. The smallest absolute Gasteiger partial charge is 0.252 e. The lowest BCUT2D eigenvalue weighted by Crippen LogP contribution is -2.29. The first-order valence-electron chi connectivity index (χ1n) is 6.63. The molecule has 1 saturated heterocycles. The summed E-state index contributed by atoms with van der Waals surface area (Å²) in [6, 6.07) is 3.55. The number of carbonyl (C=O) groups excluding carboxylic acids is 1. The zero-order chi connectivity index (χ0) is 14.6. The lowest BCUT2D eigenvalue weighted by Gasteiger charge is -2.16. The third kappa shape index (κ3) is 4.19. The molecular weight excluding hydrogens is 278 g/mol. The van der Waals surface area contributed by atoms with Crippen LogP contribution in [0.25, 0.3) is 0 Å². The lowest BCUT2D eigenvalue weighted by molar-refractivity contribution is 0.0956. The third-order valence-corrected chi connectivity index (χ3v) is 4.14. The molecule has 110 valence electrons. The number of nitrogens with one attached hydrogen (secondary N) is 1. The Bertz CT molecular complexity index is 563. The number of hydrogen-bond acceptors (Lipinski definition) is 5. The Morgan fingerprint density at radius 1 is 1.35 bits per heavy atom. The molecule has 0 saturated carbocycles. The first kappa shape index (κ1) is 14.8. The minimum Gasteiger partial charge on any atom is -0.357 e. The first-order chi connectivity index (χ1) is 9.46. The van der Waals surface area contributed by atoms with Crippen molar-refractivity contribution in [1.82, 2.24) is 10.3 Å². The van der Waals surface area contributed by atoms with Crippen LogP contribution in [0.5, 0.6) is 0 Å². The predicted molar refractivity (Wildman–Crippen MR) is 77.7 cm³/mol. The summed E-state index contributed by atoms with van der Waals surface area (Å²) in [5.41, 5.74) is 0.446. The molecule has 20 heavy (non-hydrogen) atoms. The van der Waals surface area contributed by atoms with Crippen molar-refractivity contribution < 1.29 is 13.2 Å². The van der Waals surface area contributed by atoms with Crippen LogP contribution in [0, 0.1) is 0 Å². The predicted octanol–water partition coefficient (Wildman–Crippen LogP) is 0.456. The highest BCUT2D eigenvalue weighted by molar-refractivity contribution is 7.90. The van der Waals surface area contributed by atoms with Crippen molar-refractivity contribution in [3.63, 3.8) is 0 Å². The highest BCUT2D eigenvalue weighted by Gasteiger charge is 2.14. The van der Waals surface area contributed by atoms with Crippen LogP contribution < -0.4 is 10.2 Å². The molecule has 1 aromatic rings. The van der Waals surface area contributed by atoms with E-state index in [0.717, 1.165) is 25.2 Å². The number of pyridine rings is 1. The zero-order valence-electron chi connectivity index (χ0n) is 11.5. The quantitative estimate of drug-likeness (QED) is 0.854. The van der Waals surface area contributed by atoms with E-state index in [0.29, 0.717) is 5.56 Å². The Morgan fingerprint density at radius 3 is 2.60 bits per heavy atom. The maximum atomic E-state index is 11.8. The Balaban J connectivity index is 1.90. The molecule has 2 rings (SSSR count). The van der Waals surface area contributed by atoms with Gasteiger partial charge in [0.05, 0.1) is 11.3 Å². The van der Waals surface area contributed by atoms with E-state index in [2.05, 4.69) is 15.2 Å². The summed E-state index contributed by atoms with van der Waals surface area (Å²) in [7, 11) is -3.06. The fourth-order valence-electron chi connectivity index (χ4n) is 2.11. The van der Waals surface area contributed by atoms with Gasteiger partial charge >= 0.3 is 0 Å². The SMILES string of the molecule is CS(=O)(=O)CCNC(=O)c1ccc(N2CCCC2)nc1. The Morgan fingerprint density at radius 2 is 2.05 bits per heavy atom. The summed E-state index contributed by atoms with van der Waals surface area (Å²) in [6.45, 7) is 2.13. The van der Waals surface area contributed by atoms with Gasteiger partial charge in [0.1, 0.15) is 15.7 Å². The molecule has 1 fully saturated rings. The average molecular weight is 297 g/mol. The van der Waals surface area contributed by atoms with E-state index >= 15 is 0 Å². The van der Waals surface area contributed by atoms with E-state index in [1.165, 1.54) is 19.0 Å². The fourth-order valence-corrected chi connectivity index (χ4v) is 2.58. The van der Waals surface area contributed by atoms with Gasteiger partial charge in [0.2, 0.25) is 0 Å². The lowest BCUT2D eigenvalue weighted by atomic mass is 10.2. The van der Waals surface area contributed by atoms with E-state index in [1.807, 2.05) is 6.07 Å². The van der Waals surface area contributed by atoms with E-state index in [1.54, 1.807) is 6.07 Å². The number of sulfone groups is 1. The van der Waals surface area contributed by atoms with Crippen LogP contribution in [0.4, 0.5) is 5.82 Å². The van der Waals surface area contributed by atoms with E-state index in [4.69, 9.17) is 0 Å². The third-order valence-electron chi connectivity index (χ3n) is 3.20. The molecule has 1 amide bonds. The molecule has 0 unspecified atom stereocenters. The van der Waals surface area contributed by atoms with Crippen molar-refractivity contribution in [2.75, 3.05) is 36.5 Å². The number of amides is 1. The molecule has 0 aliphatic carbocycles. The average Bonchev–Trinajstić information content (AvgIpc) is 2.91. The standard InChI is InChI=1S/C13H19N3O3S/c1-20(18,19)9-6-14-13(17)11-4-5-12(15-10-11)16-7-2-3-8-16/h4-5,10H,2-3,6-9H2,1H3,(H,14,17). The number of rotatable bonds is 5. The van der Waals surface area contributed by atoms with Gasteiger partial charge in [-0.2, -0.15) is 0 Å². The molecule has 0 radical (unpaired) electrons. The molecule has 0 atom stereocenters. The van der Waals surface area contributed by atoms with Crippen molar-refractivity contribution in [2.45, 2.75) is 12.8 Å². The Labute approximate surface area is 119 Å². The summed E-state index contributed by atoms with van der Waals surface area (Å²) in [5, 5.41) is 2.57. The van der Waals surface area contributed by atoms with Gasteiger partial charge in [0.15, 0.2) is 0 Å². The number of aromatic nitrogens is 1. The molecule has 6 nitrogen and oxygen atoms in total. The number of hydrogen-bond donors (Lipinski definition) is 1. The maximum Gasteiger partial charge on any atom is 0.252 e. The van der Waals surface area contributed by atoms with Crippen molar-refractivity contribution in [3.8, 4) is 0 Å². The van der Waals surface area contributed by atoms with Gasteiger partial charge < -0.3 is 10.2 Å². The van der Waals surface area contributed by atoms with Gasteiger partial charge in [-0.25, -0.2) is 13.4 Å². The van der Waals surface area contributed by atoms with E-state index in [9.17, 15) is 13.2 Å². The second-order valence-electron chi connectivity index (χ2n) is 4.99. The van der Waals surface area contributed by atoms with Crippen LogP contribution in [-0.2, 0) is 9.84 Å². The monoisotopic (exact) mass is 297 g/mol. The van der Waals surface area contributed by atoms with Crippen LogP contribution in [-0.4, -0.2) is 51.0 Å². The van der Waals surface area contributed by atoms with E-state index in [-0.39, 0.29) is 18.2 Å². The molecule has 0 aromatic carbocycles. The molecule has 7 heteroatoms. The highest BCUT2D eigenvalue weighted by Crippen LogP contribution is 2.17. The van der Waals surface area contributed by atoms with Crippen LogP contribution in [0.15, 0.2) is 18.3 Å². The Kier molecular flexibility index (Phi) is 4.59. The zero-order valence-corrected chi connectivity index (χ0v) is 12.3. The van der Waals surface area contributed by atoms with Crippen molar-refractivity contribution >= 4 is 21.6 Å². The summed E-state index contributed by atoms with van der Waals surface area (Å²) in [5.74, 6) is 0.530. The summed E-state index contributed by atoms with van der Waals surface area (Å²) >= 11 is 0. The second-order valence-corrected chi connectivity index (χ2v) is 7.24. The van der Waals surface area contributed by atoms with Crippen LogP contribution in [0.3, 0.4) is 0 Å². The van der Waals surface area contributed by atoms with Crippen LogP contribution in [0.1, 0.15) is 23.2 Å². The number of carbonyl (C=O) groups is 1. The topological polar surface area (TPSA) is 79.4 Å². The molecular formula is C13H19N3O3S. The van der Waals surface area contributed by atoms with Crippen molar-refractivity contribution in [2.24, 2.45) is 0 Å². The van der Waals surface area contributed by atoms with Crippen molar-refractivity contribution in [3.05, 3.63) is 23.9 Å². The molecule has 1 aromatic heterocycles. The Hall–Kier alpha value is -1.63. The molecule has 1 aliphatic heterocycles. The number of nitrogens with zero attached hydrogens (tertiary/aromatic N) is 2. The van der Waals surface area contributed by atoms with Gasteiger partial charge in [-0.05, 0) is 25.0 Å². The van der Waals surface area contributed by atoms with Gasteiger partial charge in [0.25, 0.3) is 5.91 Å². The molecule has 1 N–H and O–H groups in total. The summed E-state index contributed by atoms with van der Waals surface area (Å²) in [4.78, 5) is 18.3. The van der Waals surface area contributed by atoms with Crippen LogP contribution in [0.2, 0.25) is 0 Å². The van der Waals surface area contributed by atoms with Gasteiger partial charge in [-0.15, -0.1) is 0 Å². The fraction of sp³-hybridized carbons (Fsp3) is 0.538. The largest absolute Gasteiger partial charge is 0.357 e. The van der Waals surface area contributed by atoms with Crippen molar-refractivity contribution in [1.29, 1.82) is 0 Å². The van der Waals surface area contributed by atoms with Crippen LogP contribution >= 0.6 is 0 Å². The summed E-state index contributed by atoms with van der Waals surface area (Å²) < 4.78 is 21.9. The minimum absolute atomic E-state index is 0.0575. The molecule has 0 bridgehead atoms.